The van der Waals surface area contributed by atoms with Crippen LogP contribution in [0.5, 0.6) is 0 Å². The lowest BCUT2D eigenvalue weighted by molar-refractivity contribution is -0.139. The summed E-state index contributed by atoms with van der Waals surface area (Å²) in [4.78, 5) is 17.4. The SMILES string of the molecule is CCN(CC)CCNC(C(=O)O)c1nccs1. The molecule has 0 aromatic carbocycles. The summed E-state index contributed by atoms with van der Waals surface area (Å²) in [6.45, 7) is 7.65. The number of hydrogen-bond acceptors (Lipinski definition) is 5. The van der Waals surface area contributed by atoms with E-state index in [1.165, 1.54) is 11.3 Å². The van der Waals surface area contributed by atoms with Gasteiger partial charge in [0.25, 0.3) is 0 Å². The summed E-state index contributed by atoms with van der Waals surface area (Å²) < 4.78 is 0. The summed E-state index contributed by atoms with van der Waals surface area (Å²) in [5.74, 6) is -0.875. The van der Waals surface area contributed by atoms with Crippen molar-refractivity contribution in [1.82, 2.24) is 15.2 Å². The second-order valence-corrected chi connectivity index (χ2v) is 4.55. The molecule has 2 N–H and O–H groups in total. The molecule has 96 valence electrons. The van der Waals surface area contributed by atoms with E-state index in [-0.39, 0.29) is 0 Å². The van der Waals surface area contributed by atoms with Gasteiger partial charge < -0.3 is 10.0 Å². The van der Waals surface area contributed by atoms with E-state index in [2.05, 4.69) is 29.0 Å². The van der Waals surface area contributed by atoms with Crippen LogP contribution in [0, 0.1) is 0 Å². The lowest BCUT2D eigenvalue weighted by atomic mass is 10.3. The highest BCUT2D eigenvalue weighted by Gasteiger charge is 2.21. The summed E-state index contributed by atoms with van der Waals surface area (Å²) in [7, 11) is 0. The van der Waals surface area contributed by atoms with E-state index in [1.54, 1.807) is 11.6 Å². The zero-order valence-corrected chi connectivity index (χ0v) is 11.0. The number of carboxylic acids is 1. The number of carbonyl (C=O) groups is 1. The molecule has 17 heavy (non-hydrogen) atoms. The molecule has 1 atom stereocenters. The molecular weight excluding hydrogens is 238 g/mol. The molecule has 6 heteroatoms. The minimum Gasteiger partial charge on any atom is -0.480 e. The van der Waals surface area contributed by atoms with Gasteiger partial charge in [-0.05, 0) is 13.1 Å². The van der Waals surface area contributed by atoms with Gasteiger partial charge >= 0.3 is 5.97 Å². The molecule has 0 amide bonds. The van der Waals surface area contributed by atoms with Gasteiger partial charge in [0.1, 0.15) is 5.01 Å². The Morgan fingerprint density at radius 2 is 2.29 bits per heavy atom. The van der Waals surface area contributed by atoms with Crippen molar-refractivity contribution in [3.63, 3.8) is 0 Å². The summed E-state index contributed by atoms with van der Waals surface area (Å²) in [6, 6.07) is -0.689. The van der Waals surface area contributed by atoms with Gasteiger partial charge in [-0.2, -0.15) is 0 Å². The normalized spacial score (nSPS) is 12.9. The average molecular weight is 257 g/mol. The predicted molar refractivity (Wildman–Crippen MR) is 68.3 cm³/mol. The van der Waals surface area contributed by atoms with Gasteiger partial charge in [-0.25, -0.2) is 4.98 Å². The molecule has 0 bridgehead atoms. The first-order valence-electron chi connectivity index (χ1n) is 5.77. The van der Waals surface area contributed by atoms with E-state index in [0.29, 0.717) is 11.6 Å². The van der Waals surface area contributed by atoms with Crippen molar-refractivity contribution >= 4 is 17.3 Å². The fraction of sp³-hybridized carbons (Fsp3) is 0.636. The van der Waals surface area contributed by atoms with E-state index in [1.807, 2.05) is 0 Å². The van der Waals surface area contributed by atoms with E-state index in [9.17, 15) is 4.79 Å². The smallest absolute Gasteiger partial charge is 0.327 e. The largest absolute Gasteiger partial charge is 0.480 e. The van der Waals surface area contributed by atoms with E-state index >= 15 is 0 Å². The van der Waals surface area contributed by atoms with Crippen LogP contribution < -0.4 is 5.32 Å². The van der Waals surface area contributed by atoms with E-state index in [4.69, 9.17) is 5.11 Å². The quantitative estimate of drug-likeness (QED) is 0.732. The minimum absolute atomic E-state index is 0.608. The Labute approximate surface area is 105 Å². The van der Waals surface area contributed by atoms with Crippen LogP contribution >= 0.6 is 11.3 Å². The number of nitrogens with zero attached hydrogens (tertiary/aromatic N) is 2. The predicted octanol–water partition coefficient (Wildman–Crippen LogP) is 1.20. The van der Waals surface area contributed by atoms with Crippen LogP contribution in [0.15, 0.2) is 11.6 Å². The number of thiazole rings is 1. The molecule has 1 aromatic rings. The molecule has 1 aromatic heterocycles. The molecule has 0 aliphatic rings. The van der Waals surface area contributed by atoms with Gasteiger partial charge in [0.15, 0.2) is 6.04 Å². The van der Waals surface area contributed by atoms with Crippen molar-refractivity contribution in [3.8, 4) is 0 Å². The number of hydrogen-bond donors (Lipinski definition) is 2. The van der Waals surface area contributed by atoms with Gasteiger partial charge in [-0.3, -0.25) is 10.1 Å². The fourth-order valence-electron chi connectivity index (χ4n) is 1.56. The van der Waals surface area contributed by atoms with Crippen LogP contribution in [0.3, 0.4) is 0 Å². The van der Waals surface area contributed by atoms with Crippen molar-refractivity contribution in [2.75, 3.05) is 26.2 Å². The Morgan fingerprint density at radius 3 is 2.76 bits per heavy atom. The average Bonchev–Trinajstić information content (AvgIpc) is 2.82. The number of rotatable bonds is 8. The van der Waals surface area contributed by atoms with Crippen LogP contribution in [-0.2, 0) is 4.79 Å². The number of aliphatic carboxylic acids is 1. The van der Waals surface area contributed by atoms with E-state index < -0.39 is 12.0 Å². The van der Waals surface area contributed by atoms with Crippen LogP contribution in [0.4, 0.5) is 0 Å². The lowest BCUT2D eigenvalue weighted by Crippen LogP contribution is -2.36. The molecule has 1 unspecified atom stereocenters. The van der Waals surface area contributed by atoms with Gasteiger partial charge in [-0.15, -0.1) is 11.3 Å². The number of likely N-dealkylation sites (N-methyl/N-ethyl adjacent to an activating group) is 1. The van der Waals surface area contributed by atoms with Gasteiger partial charge in [0.2, 0.25) is 0 Å². The summed E-state index contributed by atoms with van der Waals surface area (Å²) in [6.07, 6.45) is 1.63. The van der Waals surface area contributed by atoms with Gasteiger partial charge in [0.05, 0.1) is 0 Å². The molecule has 0 saturated carbocycles. The third-order valence-corrected chi connectivity index (χ3v) is 3.46. The standard InChI is InChI=1S/C11H19N3O2S/c1-3-14(4-2)7-5-12-9(11(15)16)10-13-6-8-17-10/h6,8-9,12H,3-5,7H2,1-2H3,(H,15,16). The maximum atomic E-state index is 11.1. The van der Waals surface area contributed by atoms with Crippen molar-refractivity contribution in [3.05, 3.63) is 16.6 Å². The van der Waals surface area contributed by atoms with E-state index in [0.717, 1.165) is 19.6 Å². The lowest BCUT2D eigenvalue weighted by Gasteiger charge is -2.19. The summed E-state index contributed by atoms with van der Waals surface area (Å²) in [5.41, 5.74) is 0. The first kappa shape index (κ1) is 14.1. The highest BCUT2D eigenvalue weighted by molar-refractivity contribution is 7.09. The van der Waals surface area contributed by atoms with Crippen molar-refractivity contribution in [2.24, 2.45) is 0 Å². The zero-order valence-electron chi connectivity index (χ0n) is 10.2. The highest BCUT2D eigenvalue weighted by atomic mass is 32.1. The van der Waals surface area contributed by atoms with Crippen LogP contribution in [-0.4, -0.2) is 47.1 Å². The molecule has 0 spiro atoms. The maximum absolute atomic E-state index is 11.1. The Balaban J connectivity index is 2.44. The summed E-state index contributed by atoms with van der Waals surface area (Å²) >= 11 is 1.36. The second-order valence-electron chi connectivity index (χ2n) is 3.62. The molecular formula is C11H19N3O2S. The number of carboxylic acid groups (broad SMARTS) is 1. The summed E-state index contributed by atoms with van der Waals surface area (Å²) in [5, 5.41) is 14.5. The minimum atomic E-state index is -0.875. The highest BCUT2D eigenvalue weighted by Crippen LogP contribution is 2.15. The maximum Gasteiger partial charge on any atom is 0.327 e. The first-order chi connectivity index (χ1) is 8.19. The molecule has 0 saturated heterocycles. The van der Waals surface area contributed by atoms with Gasteiger partial charge in [-0.1, -0.05) is 13.8 Å². The van der Waals surface area contributed by atoms with Gasteiger partial charge in [0, 0.05) is 24.7 Å². The Kier molecular flexibility index (Phi) is 6.10. The molecule has 0 fully saturated rings. The molecule has 0 aliphatic carbocycles. The second kappa shape index (κ2) is 7.37. The molecule has 0 aliphatic heterocycles. The fourth-order valence-corrected chi connectivity index (χ4v) is 2.27. The third kappa shape index (κ3) is 4.41. The Hall–Kier alpha value is -0.980. The van der Waals surface area contributed by atoms with Crippen molar-refractivity contribution < 1.29 is 9.90 Å². The molecule has 5 nitrogen and oxygen atoms in total. The topological polar surface area (TPSA) is 65.5 Å². The van der Waals surface area contributed by atoms with Crippen LogP contribution in [0.2, 0.25) is 0 Å². The van der Waals surface area contributed by atoms with Crippen LogP contribution in [0.1, 0.15) is 24.9 Å². The van der Waals surface area contributed by atoms with Crippen molar-refractivity contribution in [1.29, 1.82) is 0 Å². The first-order valence-corrected chi connectivity index (χ1v) is 6.64. The molecule has 1 rings (SSSR count). The number of aromatic nitrogens is 1. The third-order valence-electron chi connectivity index (χ3n) is 2.62. The Bertz CT molecular complexity index is 325. The number of nitrogens with one attached hydrogen (secondary N) is 1. The monoisotopic (exact) mass is 257 g/mol. The van der Waals surface area contributed by atoms with Crippen molar-refractivity contribution in [2.45, 2.75) is 19.9 Å². The molecule has 0 radical (unpaired) electrons. The molecule has 1 heterocycles. The zero-order chi connectivity index (χ0) is 12.7. The van der Waals surface area contributed by atoms with Crippen LogP contribution in [0.25, 0.3) is 0 Å². The Morgan fingerprint density at radius 1 is 1.59 bits per heavy atom.